The van der Waals surface area contributed by atoms with Gasteiger partial charge in [-0.2, -0.15) is 0 Å². The molecule has 74 valence electrons. The molecule has 0 spiro atoms. The molecule has 6 heteroatoms. The maximum Gasteiger partial charge on any atom is 0.317 e. The highest BCUT2D eigenvalue weighted by Gasteiger charge is 2.13. The molecule has 0 aromatic rings. The molecular weight excluding hydrogens is 201 g/mol. The van der Waals surface area contributed by atoms with Crippen LogP contribution < -0.4 is 10.6 Å². The second-order valence-electron chi connectivity index (χ2n) is 2.29. The second kappa shape index (κ2) is 7.46. The summed E-state index contributed by atoms with van der Waals surface area (Å²) in [6.07, 6.45) is 0. The Kier molecular flexibility index (Phi) is 8.91. The largest absolute Gasteiger partial charge is 0.341 e. The van der Waals surface area contributed by atoms with Crippen molar-refractivity contribution < 1.29 is 4.79 Å². The van der Waals surface area contributed by atoms with E-state index in [9.17, 15) is 4.79 Å². The van der Waals surface area contributed by atoms with E-state index in [1.165, 1.54) is 0 Å². The van der Waals surface area contributed by atoms with Crippen molar-refractivity contribution in [3.8, 4) is 0 Å². The summed E-state index contributed by atoms with van der Waals surface area (Å²) in [5.41, 5.74) is 0. The van der Waals surface area contributed by atoms with Gasteiger partial charge in [0.05, 0.1) is 0 Å². The van der Waals surface area contributed by atoms with E-state index < -0.39 is 0 Å². The summed E-state index contributed by atoms with van der Waals surface area (Å²) in [7, 11) is 1.66. The average Bonchev–Trinajstić information content (AvgIpc) is 2.05. The van der Waals surface area contributed by atoms with Crippen molar-refractivity contribution in [2.45, 2.75) is 0 Å². The number of nitrogens with one attached hydrogen (secondary N) is 2. The van der Waals surface area contributed by atoms with Gasteiger partial charge in [0.2, 0.25) is 0 Å². The van der Waals surface area contributed by atoms with Crippen LogP contribution in [0.4, 0.5) is 4.79 Å². The quantitative estimate of drug-likeness (QED) is 0.602. The summed E-state index contributed by atoms with van der Waals surface area (Å²) in [4.78, 5) is 12.8. The van der Waals surface area contributed by atoms with Gasteiger partial charge in [-0.25, -0.2) is 4.79 Å². The van der Waals surface area contributed by atoms with Gasteiger partial charge in [-0.05, 0) is 0 Å². The van der Waals surface area contributed by atoms with Crippen LogP contribution in [0.3, 0.4) is 0 Å². The third-order valence-corrected chi connectivity index (χ3v) is 1.62. The monoisotopic (exact) mass is 215 g/mol. The van der Waals surface area contributed by atoms with Gasteiger partial charge >= 0.3 is 6.03 Å². The van der Waals surface area contributed by atoms with Gasteiger partial charge in [0, 0.05) is 33.2 Å². The highest BCUT2D eigenvalue weighted by Crippen LogP contribution is 1.90. The molecule has 2 amide bonds. The maximum absolute atomic E-state index is 11.0. The number of urea groups is 1. The Morgan fingerprint density at radius 1 is 1.33 bits per heavy atom. The molecule has 0 unspecified atom stereocenters. The molecule has 1 saturated heterocycles. The lowest BCUT2D eigenvalue weighted by atomic mass is 10.4. The standard InChI is InChI=1S/C6H13N3O.2ClH/c1-7-6(10)9-4-2-8-3-5-9;;/h8H,2-5H2,1H3,(H,7,10);2*1H. The predicted octanol–water partition coefficient (Wildman–Crippen LogP) is 0.0746. The summed E-state index contributed by atoms with van der Waals surface area (Å²) in [5, 5.41) is 5.77. The number of amides is 2. The zero-order valence-corrected chi connectivity index (χ0v) is 8.63. The summed E-state index contributed by atoms with van der Waals surface area (Å²) in [6.45, 7) is 3.46. The van der Waals surface area contributed by atoms with Gasteiger partial charge in [0.15, 0.2) is 0 Å². The van der Waals surface area contributed by atoms with Crippen molar-refractivity contribution in [3.63, 3.8) is 0 Å². The maximum atomic E-state index is 11.0. The van der Waals surface area contributed by atoms with Crippen molar-refractivity contribution in [2.75, 3.05) is 33.2 Å². The number of piperazine rings is 1. The van der Waals surface area contributed by atoms with Crippen LogP contribution in [0.1, 0.15) is 0 Å². The Hall–Kier alpha value is -0.190. The fourth-order valence-electron chi connectivity index (χ4n) is 1.03. The number of hydrogen-bond acceptors (Lipinski definition) is 2. The molecule has 1 heterocycles. The van der Waals surface area contributed by atoms with Crippen LogP contribution in [0.5, 0.6) is 0 Å². The van der Waals surface area contributed by atoms with E-state index in [2.05, 4.69) is 10.6 Å². The van der Waals surface area contributed by atoms with Crippen LogP contribution in [0.2, 0.25) is 0 Å². The summed E-state index contributed by atoms with van der Waals surface area (Å²) in [5.74, 6) is 0. The SMILES string of the molecule is CNC(=O)N1CCNCC1.Cl.Cl. The molecule has 0 bridgehead atoms. The Bertz CT molecular complexity index is 128. The van der Waals surface area contributed by atoms with E-state index in [1.54, 1.807) is 11.9 Å². The van der Waals surface area contributed by atoms with Crippen molar-refractivity contribution >= 4 is 30.8 Å². The molecule has 0 atom stereocenters. The van der Waals surface area contributed by atoms with Gasteiger partial charge < -0.3 is 15.5 Å². The number of rotatable bonds is 0. The average molecular weight is 216 g/mol. The third kappa shape index (κ3) is 3.99. The van der Waals surface area contributed by atoms with E-state index in [4.69, 9.17) is 0 Å². The smallest absolute Gasteiger partial charge is 0.317 e. The summed E-state index contributed by atoms with van der Waals surface area (Å²) >= 11 is 0. The molecule has 0 radical (unpaired) electrons. The van der Waals surface area contributed by atoms with Gasteiger partial charge in [-0.15, -0.1) is 24.8 Å². The number of carbonyl (C=O) groups excluding carboxylic acids is 1. The number of halogens is 2. The third-order valence-electron chi connectivity index (χ3n) is 1.62. The van der Waals surface area contributed by atoms with Gasteiger partial charge in [0.1, 0.15) is 0 Å². The number of hydrogen-bond donors (Lipinski definition) is 2. The molecule has 12 heavy (non-hydrogen) atoms. The van der Waals surface area contributed by atoms with Crippen LogP contribution >= 0.6 is 24.8 Å². The highest BCUT2D eigenvalue weighted by molar-refractivity contribution is 5.85. The zero-order chi connectivity index (χ0) is 7.40. The molecule has 2 N–H and O–H groups in total. The first-order valence-electron chi connectivity index (χ1n) is 3.52. The van der Waals surface area contributed by atoms with E-state index >= 15 is 0 Å². The fraction of sp³-hybridized carbons (Fsp3) is 0.833. The first-order valence-corrected chi connectivity index (χ1v) is 3.52. The lowest BCUT2D eigenvalue weighted by Crippen LogP contribution is -2.49. The number of nitrogens with zero attached hydrogens (tertiary/aromatic N) is 1. The van der Waals surface area contributed by atoms with Crippen LogP contribution in [0, 0.1) is 0 Å². The minimum atomic E-state index is 0. The Balaban J connectivity index is 0. The van der Waals surface area contributed by atoms with Crippen molar-refractivity contribution in [3.05, 3.63) is 0 Å². The molecule has 1 aliphatic rings. The second-order valence-corrected chi connectivity index (χ2v) is 2.29. The minimum Gasteiger partial charge on any atom is -0.341 e. The Morgan fingerprint density at radius 3 is 2.25 bits per heavy atom. The van der Waals surface area contributed by atoms with E-state index in [-0.39, 0.29) is 30.8 Å². The van der Waals surface area contributed by atoms with Crippen LogP contribution in [0.15, 0.2) is 0 Å². The van der Waals surface area contributed by atoms with Crippen LogP contribution in [0.25, 0.3) is 0 Å². The van der Waals surface area contributed by atoms with Crippen molar-refractivity contribution in [1.82, 2.24) is 15.5 Å². The zero-order valence-electron chi connectivity index (χ0n) is 7.00. The lowest BCUT2D eigenvalue weighted by Gasteiger charge is -2.26. The predicted molar refractivity (Wildman–Crippen MR) is 53.4 cm³/mol. The molecule has 1 rings (SSSR count). The first kappa shape index (κ1) is 14.3. The molecule has 0 saturated carbocycles. The van der Waals surface area contributed by atoms with Crippen molar-refractivity contribution in [1.29, 1.82) is 0 Å². The highest BCUT2D eigenvalue weighted by atomic mass is 35.5. The van der Waals surface area contributed by atoms with E-state index in [0.717, 1.165) is 26.2 Å². The molecule has 0 aliphatic carbocycles. The van der Waals surface area contributed by atoms with Gasteiger partial charge in [0.25, 0.3) is 0 Å². The Morgan fingerprint density at radius 2 is 1.83 bits per heavy atom. The molecule has 0 aromatic heterocycles. The van der Waals surface area contributed by atoms with Gasteiger partial charge in [-0.3, -0.25) is 0 Å². The van der Waals surface area contributed by atoms with Crippen molar-refractivity contribution in [2.24, 2.45) is 0 Å². The summed E-state index contributed by atoms with van der Waals surface area (Å²) in [6, 6.07) is 0.0292. The Labute approximate surface area is 84.9 Å². The topological polar surface area (TPSA) is 44.4 Å². The molecule has 1 aliphatic heterocycles. The summed E-state index contributed by atoms with van der Waals surface area (Å²) < 4.78 is 0. The molecule has 4 nitrogen and oxygen atoms in total. The number of carbonyl (C=O) groups is 1. The first-order chi connectivity index (χ1) is 4.84. The minimum absolute atomic E-state index is 0. The lowest BCUT2D eigenvalue weighted by molar-refractivity contribution is 0.192. The normalized spacial score (nSPS) is 15.6. The molecule has 0 aromatic carbocycles. The van der Waals surface area contributed by atoms with Gasteiger partial charge in [-0.1, -0.05) is 0 Å². The molecule has 1 fully saturated rings. The molecular formula is C6H15Cl2N3O. The van der Waals surface area contributed by atoms with Crippen LogP contribution in [-0.4, -0.2) is 44.2 Å². The van der Waals surface area contributed by atoms with E-state index in [0.29, 0.717) is 0 Å². The fourth-order valence-corrected chi connectivity index (χ4v) is 1.03. The van der Waals surface area contributed by atoms with E-state index in [1.807, 2.05) is 0 Å². The van der Waals surface area contributed by atoms with Crippen LogP contribution in [-0.2, 0) is 0 Å².